The summed E-state index contributed by atoms with van der Waals surface area (Å²) in [5, 5.41) is 3.62. The van der Waals surface area contributed by atoms with E-state index in [1.165, 1.54) is 42.7 Å². The molecule has 5 nitrogen and oxygen atoms in total. The van der Waals surface area contributed by atoms with Crippen molar-refractivity contribution in [2.75, 3.05) is 0 Å². The number of nitrogens with zero attached hydrogens (tertiary/aromatic N) is 2. The summed E-state index contributed by atoms with van der Waals surface area (Å²) in [6.07, 6.45) is -0.861. The van der Waals surface area contributed by atoms with Gasteiger partial charge in [-0.3, -0.25) is 9.78 Å². The van der Waals surface area contributed by atoms with Crippen molar-refractivity contribution in [1.29, 1.82) is 0 Å². The average molecular weight is 309 g/mol. The normalized spacial score (nSPS) is 11.4. The van der Waals surface area contributed by atoms with Crippen molar-refractivity contribution in [1.82, 2.24) is 10.4 Å². The van der Waals surface area contributed by atoms with E-state index < -0.39 is 18.0 Å². The van der Waals surface area contributed by atoms with E-state index >= 15 is 0 Å². The van der Waals surface area contributed by atoms with E-state index in [0.29, 0.717) is 5.56 Å². The number of alkyl halides is 3. The van der Waals surface area contributed by atoms with E-state index in [0.717, 1.165) is 12.3 Å². The Balaban J connectivity index is 2.06. The van der Waals surface area contributed by atoms with Crippen LogP contribution in [0, 0.1) is 0 Å². The predicted octanol–water partition coefficient (Wildman–Crippen LogP) is 2.74. The zero-order valence-corrected chi connectivity index (χ0v) is 11.0. The lowest BCUT2D eigenvalue weighted by Gasteiger charge is -2.10. The smallest absolute Gasteiger partial charge is 0.405 e. The van der Waals surface area contributed by atoms with Crippen molar-refractivity contribution in [2.45, 2.75) is 6.36 Å². The molecular formula is C14H10F3N3O2. The van der Waals surface area contributed by atoms with Gasteiger partial charge in [-0.15, -0.1) is 13.2 Å². The lowest BCUT2D eigenvalue weighted by Crippen LogP contribution is -2.19. The zero-order chi connectivity index (χ0) is 16.0. The van der Waals surface area contributed by atoms with Gasteiger partial charge < -0.3 is 4.74 Å². The van der Waals surface area contributed by atoms with E-state index in [1.807, 2.05) is 0 Å². The monoisotopic (exact) mass is 309 g/mol. The third kappa shape index (κ3) is 4.58. The van der Waals surface area contributed by atoms with Gasteiger partial charge >= 0.3 is 6.36 Å². The van der Waals surface area contributed by atoms with Crippen LogP contribution in [0.4, 0.5) is 13.2 Å². The number of benzene rings is 1. The second-order valence-corrected chi connectivity index (χ2v) is 4.02. The number of hydrogen-bond donors (Lipinski definition) is 1. The number of aromatic nitrogens is 1. The molecular weight excluding hydrogens is 299 g/mol. The standard InChI is InChI=1S/C14H10F3N3O2/c15-14(16,17)22-12-4-2-1-3-11(12)9-19-20-13(21)10-5-7-18-8-6-10/h1-9H,(H,20,21)/b19-9-. The fourth-order valence-electron chi connectivity index (χ4n) is 1.53. The second kappa shape index (κ2) is 6.70. The number of carbonyl (C=O) groups excluding carboxylic acids is 1. The highest BCUT2D eigenvalue weighted by Gasteiger charge is 2.31. The number of para-hydroxylation sites is 1. The van der Waals surface area contributed by atoms with Gasteiger partial charge in [0.1, 0.15) is 5.75 Å². The van der Waals surface area contributed by atoms with Gasteiger partial charge in [0.2, 0.25) is 0 Å². The molecule has 2 rings (SSSR count). The van der Waals surface area contributed by atoms with Gasteiger partial charge in [-0.1, -0.05) is 12.1 Å². The number of rotatable bonds is 4. The summed E-state index contributed by atoms with van der Waals surface area (Å²) in [7, 11) is 0. The molecule has 0 aliphatic heterocycles. The van der Waals surface area contributed by atoms with Crippen molar-refractivity contribution in [3.8, 4) is 5.75 Å². The molecule has 22 heavy (non-hydrogen) atoms. The largest absolute Gasteiger partial charge is 0.573 e. The van der Waals surface area contributed by atoms with Gasteiger partial charge in [0.05, 0.1) is 6.21 Å². The highest BCUT2D eigenvalue weighted by molar-refractivity contribution is 5.94. The number of hydrogen-bond acceptors (Lipinski definition) is 4. The molecule has 1 heterocycles. The van der Waals surface area contributed by atoms with Gasteiger partial charge in [-0.05, 0) is 24.3 Å². The molecule has 0 aliphatic carbocycles. The molecule has 114 valence electrons. The molecule has 0 radical (unpaired) electrons. The van der Waals surface area contributed by atoms with Crippen LogP contribution in [-0.4, -0.2) is 23.5 Å². The van der Waals surface area contributed by atoms with E-state index in [-0.39, 0.29) is 5.56 Å². The van der Waals surface area contributed by atoms with Crippen LogP contribution in [0.2, 0.25) is 0 Å². The SMILES string of the molecule is O=C(N/N=C\c1ccccc1OC(F)(F)F)c1ccncc1. The molecule has 0 saturated carbocycles. The van der Waals surface area contributed by atoms with Crippen molar-refractivity contribution in [3.05, 3.63) is 59.9 Å². The minimum absolute atomic E-state index is 0.0786. The van der Waals surface area contributed by atoms with Crippen molar-refractivity contribution < 1.29 is 22.7 Å². The summed E-state index contributed by atoms with van der Waals surface area (Å²) >= 11 is 0. The lowest BCUT2D eigenvalue weighted by molar-refractivity contribution is -0.274. The lowest BCUT2D eigenvalue weighted by atomic mass is 10.2. The van der Waals surface area contributed by atoms with Crippen LogP contribution in [-0.2, 0) is 0 Å². The van der Waals surface area contributed by atoms with E-state index in [4.69, 9.17) is 0 Å². The highest BCUT2D eigenvalue weighted by Crippen LogP contribution is 2.24. The van der Waals surface area contributed by atoms with Crippen molar-refractivity contribution in [3.63, 3.8) is 0 Å². The quantitative estimate of drug-likeness (QED) is 0.697. The van der Waals surface area contributed by atoms with Gasteiger partial charge in [0.25, 0.3) is 5.91 Å². The van der Waals surface area contributed by atoms with Crippen LogP contribution in [0.5, 0.6) is 5.75 Å². The summed E-state index contributed by atoms with van der Waals surface area (Å²) in [6, 6.07) is 8.41. The summed E-state index contributed by atoms with van der Waals surface area (Å²) < 4.78 is 40.6. The minimum atomic E-state index is -4.80. The first-order valence-corrected chi connectivity index (χ1v) is 6.04. The maximum absolute atomic E-state index is 12.3. The van der Waals surface area contributed by atoms with Gasteiger partial charge in [0.15, 0.2) is 0 Å². The molecule has 8 heteroatoms. The zero-order valence-electron chi connectivity index (χ0n) is 11.0. The van der Waals surface area contributed by atoms with E-state index in [2.05, 4.69) is 20.2 Å². The van der Waals surface area contributed by atoms with Crippen LogP contribution in [0.25, 0.3) is 0 Å². The number of halogens is 3. The first kappa shape index (κ1) is 15.5. The number of amides is 1. The van der Waals surface area contributed by atoms with Crippen LogP contribution in [0.1, 0.15) is 15.9 Å². The maximum Gasteiger partial charge on any atom is 0.573 e. The molecule has 0 saturated heterocycles. The number of pyridine rings is 1. The highest BCUT2D eigenvalue weighted by atomic mass is 19.4. The number of ether oxygens (including phenoxy) is 1. The second-order valence-electron chi connectivity index (χ2n) is 4.02. The third-order valence-electron chi connectivity index (χ3n) is 2.46. The fourth-order valence-corrected chi connectivity index (χ4v) is 1.53. The molecule has 0 unspecified atom stereocenters. The molecule has 0 atom stereocenters. The Kier molecular flexibility index (Phi) is 4.72. The van der Waals surface area contributed by atoms with Gasteiger partial charge in [-0.2, -0.15) is 5.10 Å². The molecule has 1 aromatic carbocycles. The molecule has 1 N–H and O–H groups in total. The van der Waals surface area contributed by atoms with E-state index in [9.17, 15) is 18.0 Å². The van der Waals surface area contributed by atoms with Crippen LogP contribution < -0.4 is 10.2 Å². The first-order chi connectivity index (χ1) is 10.5. The Morgan fingerprint density at radius 2 is 1.86 bits per heavy atom. The molecule has 1 aromatic heterocycles. The summed E-state index contributed by atoms with van der Waals surface area (Å²) in [5.74, 6) is -0.912. The Bertz CT molecular complexity index is 673. The maximum atomic E-state index is 12.3. The summed E-state index contributed by atoms with van der Waals surface area (Å²) in [4.78, 5) is 15.4. The Morgan fingerprint density at radius 3 is 2.55 bits per heavy atom. The molecule has 0 spiro atoms. The number of nitrogens with one attached hydrogen (secondary N) is 1. The van der Waals surface area contributed by atoms with Crippen molar-refractivity contribution >= 4 is 12.1 Å². The minimum Gasteiger partial charge on any atom is -0.405 e. The predicted molar refractivity (Wildman–Crippen MR) is 72.4 cm³/mol. The van der Waals surface area contributed by atoms with E-state index in [1.54, 1.807) is 0 Å². The third-order valence-corrected chi connectivity index (χ3v) is 2.46. The Labute approximate surface area is 123 Å². The summed E-state index contributed by atoms with van der Waals surface area (Å²) in [6.45, 7) is 0. The topological polar surface area (TPSA) is 63.6 Å². The fraction of sp³-hybridized carbons (Fsp3) is 0.0714. The molecule has 0 fully saturated rings. The van der Waals surface area contributed by atoms with Gasteiger partial charge in [-0.25, -0.2) is 5.43 Å². The van der Waals surface area contributed by atoms with Crippen LogP contribution in [0.3, 0.4) is 0 Å². The van der Waals surface area contributed by atoms with Crippen LogP contribution >= 0.6 is 0 Å². The van der Waals surface area contributed by atoms with Crippen LogP contribution in [0.15, 0.2) is 53.9 Å². The van der Waals surface area contributed by atoms with Crippen molar-refractivity contribution in [2.24, 2.45) is 5.10 Å². The molecule has 1 amide bonds. The average Bonchev–Trinajstić information content (AvgIpc) is 2.48. The number of carbonyl (C=O) groups is 1. The Hall–Kier alpha value is -2.90. The summed E-state index contributed by atoms with van der Waals surface area (Å²) in [5.41, 5.74) is 2.61. The van der Waals surface area contributed by atoms with Gasteiger partial charge in [0, 0.05) is 23.5 Å². The molecule has 2 aromatic rings. The first-order valence-electron chi connectivity index (χ1n) is 6.04. The molecule has 0 bridgehead atoms. The molecule has 0 aliphatic rings. The number of hydrazone groups is 1. The Morgan fingerprint density at radius 1 is 1.18 bits per heavy atom.